The van der Waals surface area contributed by atoms with E-state index in [0.717, 1.165) is 28.6 Å². The van der Waals surface area contributed by atoms with E-state index in [2.05, 4.69) is 16.8 Å². The summed E-state index contributed by atoms with van der Waals surface area (Å²) < 4.78 is 10.9. The lowest BCUT2D eigenvalue weighted by Gasteiger charge is -2.32. The Balaban J connectivity index is 1.83. The minimum absolute atomic E-state index is 0.0344. The summed E-state index contributed by atoms with van der Waals surface area (Å²) in [5.41, 5.74) is 2.03. The second-order valence-corrected chi connectivity index (χ2v) is 7.97. The number of halogens is 1. The zero-order valence-corrected chi connectivity index (χ0v) is 17.1. The molecule has 0 radical (unpaired) electrons. The van der Waals surface area contributed by atoms with Crippen LogP contribution in [0.5, 0.6) is 11.5 Å². The first-order valence-electron chi connectivity index (χ1n) is 8.99. The Morgan fingerprint density at radius 1 is 1.26 bits per heavy atom. The van der Waals surface area contributed by atoms with Gasteiger partial charge in [-0.25, -0.2) is 0 Å². The van der Waals surface area contributed by atoms with E-state index in [1.165, 1.54) is 0 Å². The van der Waals surface area contributed by atoms with Gasteiger partial charge in [0.1, 0.15) is 6.04 Å². The summed E-state index contributed by atoms with van der Waals surface area (Å²) in [5.74, 6) is 2.24. The van der Waals surface area contributed by atoms with E-state index in [0.29, 0.717) is 22.6 Å². The first kappa shape index (κ1) is 18.4. The number of hydrogen-bond acceptors (Lipinski definition) is 6. The largest absolute Gasteiger partial charge is 0.493 e. The molecule has 0 amide bonds. The molecule has 3 heterocycles. The van der Waals surface area contributed by atoms with Gasteiger partial charge in [0.25, 0.3) is 0 Å². The van der Waals surface area contributed by atoms with Crippen LogP contribution in [0.1, 0.15) is 36.7 Å². The van der Waals surface area contributed by atoms with Crippen LogP contribution in [0.2, 0.25) is 5.02 Å². The van der Waals surface area contributed by atoms with Crippen LogP contribution in [-0.2, 0) is 0 Å². The summed E-state index contributed by atoms with van der Waals surface area (Å²) in [6, 6.07) is 10.4. The van der Waals surface area contributed by atoms with Crippen LogP contribution in [0, 0.1) is 0 Å². The molecule has 0 aliphatic carbocycles. The number of methoxy groups -OCH3 is 2. The third-order valence-corrected chi connectivity index (χ3v) is 6.53. The highest BCUT2D eigenvalue weighted by molar-refractivity contribution is 8.14. The maximum absolute atomic E-state index is 6.52. The molecule has 0 saturated carbocycles. The smallest absolute Gasteiger partial charge is 0.179 e. The molecule has 2 aliphatic rings. The summed E-state index contributed by atoms with van der Waals surface area (Å²) in [6.45, 7) is 2.22. The summed E-state index contributed by atoms with van der Waals surface area (Å²) >= 11 is 8.34. The van der Waals surface area contributed by atoms with Crippen LogP contribution in [0.15, 0.2) is 41.5 Å². The first-order chi connectivity index (χ1) is 13.2. The van der Waals surface area contributed by atoms with Gasteiger partial charge in [0.2, 0.25) is 0 Å². The molecule has 4 rings (SSSR count). The molecule has 2 aromatic rings. The molecule has 0 bridgehead atoms. The lowest BCUT2D eigenvalue weighted by atomic mass is 9.95. The van der Waals surface area contributed by atoms with E-state index in [1.807, 2.05) is 48.3 Å². The number of aliphatic imine (C=N–C) groups is 1. The summed E-state index contributed by atoms with van der Waals surface area (Å²) in [4.78, 5) is 12.0. The van der Waals surface area contributed by atoms with Crippen LogP contribution in [0.3, 0.4) is 0 Å². The third kappa shape index (κ3) is 3.15. The number of benzene rings is 1. The predicted octanol–water partition coefficient (Wildman–Crippen LogP) is 4.73. The fraction of sp³-hybridized carbons (Fsp3) is 0.400. The van der Waals surface area contributed by atoms with E-state index in [-0.39, 0.29) is 12.1 Å². The molecule has 1 fully saturated rings. The zero-order valence-electron chi connectivity index (χ0n) is 15.6. The minimum atomic E-state index is -0.0720. The Morgan fingerprint density at radius 2 is 2.11 bits per heavy atom. The molecular weight excluding hydrogens is 382 g/mol. The Hall–Kier alpha value is -1.92. The standard InChI is InChI=1S/C20H22ClN3O2S/c1-4-13-11-27-20-23-17(15-7-5-6-8-22-15)18(24(13)20)12-9-14(21)19(26-3)16(10-12)25-2/h5-10,13,17-18H,4,11H2,1-3H3/t13-,17+,18+/m1/s1. The van der Waals surface area contributed by atoms with Gasteiger partial charge < -0.3 is 14.4 Å². The Bertz CT molecular complexity index is 862. The van der Waals surface area contributed by atoms with Crippen LogP contribution in [0.25, 0.3) is 0 Å². The van der Waals surface area contributed by atoms with E-state index in [9.17, 15) is 0 Å². The lowest BCUT2D eigenvalue weighted by molar-refractivity contribution is 0.254. The van der Waals surface area contributed by atoms with Gasteiger partial charge in [0, 0.05) is 18.0 Å². The van der Waals surface area contributed by atoms with E-state index in [4.69, 9.17) is 26.1 Å². The van der Waals surface area contributed by atoms with Gasteiger partial charge in [0.15, 0.2) is 16.7 Å². The summed E-state index contributed by atoms with van der Waals surface area (Å²) in [7, 11) is 3.23. The van der Waals surface area contributed by atoms with Crippen molar-refractivity contribution in [1.82, 2.24) is 9.88 Å². The maximum Gasteiger partial charge on any atom is 0.179 e. The quantitative estimate of drug-likeness (QED) is 0.722. The molecule has 1 aromatic heterocycles. The molecule has 5 nitrogen and oxygen atoms in total. The van der Waals surface area contributed by atoms with Gasteiger partial charge in [-0.1, -0.05) is 36.4 Å². The molecule has 3 atom stereocenters. The topological polar surface area (TPSA) is 47.0 Å². The first-order valence-corrected chi connectivity index (χ1v) is 10.4. The highest BCUT2D eigenvalue weighted by atomic mass is 35.5. The van der Waals surface area contributed by atoms with Gasteiger partial charge in [0.05, 0.1) is 31.0 Å². The number of aromatic nitrogens is 1. The number of amidine groups is 1. The SMILES string of the molecule is CC[C@@H]1CSC2=N[C@@H](c3ccccn3)[C@H](c3cc(Cl)c(OC)c(OC)c3)N21. The molecule has 0 N–H and O–H groups in total. The number of rotatable bonds is 5. The Morgan fingerprint density at radius 3 is 2.78 bits per heavy atom. The number of pyridine rings is 1. The normalized spacial score (nSPS) is 23.9. The highest BCUT2D eigenvalue weighted by Crippen LogP contribution is 2.50. The van der Waals surface area contributed by atoms with Crippen molar-refractivity contribution < 1.29 is 9.47 Å². The number of thioether (sulfide) groups is 1. The van der Waals surface area contributed by atoms with Crippen LogP contribution in [0.4, 0.5) is 0 Å². The molecule has 0 spiro atoms. The molecule has 2 aliphatic heterocycles. The summed E-state index contributed by atoms with van der Waals surface area (Å²) in [5, 5.41) is 1.63. The molecule has 27 heavy (non-hydrogen) atoms. The van der Waals surface area contributed by atoms with Gasteiger partial charge in [-0.3, -0.25) is 9.98 Å². The van der Waals surface area contributed by atoms with Crippen molar-refractivity contribution in [2.24, 2.45) is 4.99 Å². The van der Waals surface area contributed by atoms with Crippen molar-refractivity contribution in [3.8, 4) is 11.5 Å². The van der Waals surface area contributed by atoms with Crippen molar-refractivity contribution in [1.29, 1.82) is 0 Å². The predicted molar refractivity (Wildman–Crippen MR) is 110 cm³/mol. The van der Waals surface area contributed by atoms with Gasteiger partial charge in [-0.15, -0.1) is 0 Å². The second-order valence-electron chi connectivity index (χ2n) is 6.57. The van der Waals surface area contributed by atoms with Gasteiger partial charge >= 0.3 is 0 Å². The molecule has 1 saturated heterocycles. The third-order valence-electron chi connectivity index (χ3n) is 5.13. The van der Waals surface area contributed by atoms with Crippen molar-refractivity contribution in [2.45, 2.75) is 31.5 Å². The van der Waals surface area contributed by atoms with Crippen LogP contribution >= 0.6 is 23.4 Å². The Labute approximate surface area is 168 Å². The van der Waals surface area contributed by atoms with Crippen LogP contribution < -0.4 is 9.47 Å². The van der Waals surface area contributed by atoms with E-state index < -0.39 is 0 Å². The fourth-order valence-electron chi connectivity index (χ4n) is 3.82. The molecular formula is C20H22ClN3O2S. The maximum atomic E-state index is 6.52. The van der Waals surface area contributed by atoms with Gasteiger partial charge in [-0.2, -0.15) is 0 Å². The number of nitrogens with zero attached hydrogens (tertiary/aromatic N) is 3. The van der Waals surface area contributed by atoms with Crippen molar-refractivity contribution in [3.05, 3.63) is 52.8 Å². The van der Waals surface area contributed by atoms with Crippen molar-refractivity contribution >= 4 is 28.5 Å². The zero-order chi connectivity index (χ0) is 19.0. The van der Waals surface area contributed by atoms with Crippen LogP contribution in [-0.4, -0.2) is 41.1 Å². The highest BCUT2D eigenvalue weighted by Gasteiger charge is 2.45. The average molecular weight is 404 g/mol. The monoisotopic (exact) mass is 403 g/mol. The van der Waals surface area contributed by atoms with E-state index in [1.54, 1.807) is 14.2 Å². The van der Waals surface area contributed by atoms with Gasteiger partial charge in [-0.05, 0) is 36.2 Å². The number of hydrogen-bond donors (Lipinski definition) is 0. The number of ether oxygens (including phenoxy) is 2. The second kappa shape index (κ2) is 7.60. The molecule has 142 valence electrons. The molecule has 7 heteroatoms. The fourth-order valence-corrected chi connectivity index (χ4v) is 5.45. The average Bonchev–Trinajstić information content (AvgIpc) is 3.26. The molecule has 1 aromatic carbocycles. The van der Waals surface area contributed by atoms with Crippen molar-refractivity contribution in [3.63, 3.8) is 0 Å². The summed E-state index contributed by atoms with van der Waals surface area (Å²) in [6.07, 6.45) is 2.89. The lowest BCUT2D eigenvalue weighted by Crippen LogP contribution is -2.35. The van der Waals surface area contributed by atoms with Crippen molar-refractivity contribution in [2.75, 3.05) is 20.0 Å². The minimum Gasteiger partial charge on any atom is -0.493 e. The van der Waals surface area contributed by atoms with E-state index >= 15 is 0 Å². The number of fused-ring (bicyclic) bond motifs is 1. The molecule has 0 unspecified atom stereocenters. The Kier molecular flexibility index (Phi) is 5.19.